The van der Waals surface area contributed by atoms with Crippen LogP contribution in [-0.4, -0.2) is 5.78 Å². The number of hydrogen-bond acceptors (Lipinski definition) is 2. The fourth-order valence-electron chi connectivity index (χ4n) is 2.03. The van der Waals surface area contributed by atoms with Crippen LogP contribution in [-0.2, 0) is 4.79 Å². The molecule has 0 spiro atoms. The standard InChI is InChI=1S/C15H15Cl2NO/c1-9-7-8-12(16)15(14(9)17)18-13-6-4-3-5-11(13)10(2)19/h5-8,18H,3-4H2,1-2H3. The number of nitrogens with one attached hydrogen (secondary N) is 1. The number of Topliss-reactive ketones (excluding diaryl/α,β-unsaturated/α-hetero) is 1. The Kier molecular flexibility index (Phi) is 4.33. The summed E-state index contributed by atoms with van der Waals surface area (Å²) in [6.45, 7) is 3.48. The number of carbonyl (C=O) groups excluding carboxylic acids is 1. The zero-order valence-electron chi connectivity index (χ0n) is 10.9. The Bertz CT molecular complexity index is 588. The summed E-state index contributed by atoms with van der Waals surface area (Å²) in [5.74, 6) is 0.0401. The second-order valence-corrected chi connectivity index (χ2v) is 5.33. The van der Waals surface area contributed by atoms with Crippen molar-refractivity contribution in [2.24, 2.45) is 0 Å². The smallest absolute Gasteiger partial charge is 0.161 e. The van der Waals surface area contributed by atoms with E-state index in [4.69, 9.17) is 23.2 Å². The highest BCUT2D eigenvalue weighted by molar-refractivity contribution is 6.39. The van der Waals surface area contributed by atoms with Crippen LogP contribution < -0.4 is 5.32 Å². The fourth-order valence-corrected chi connectivity index (χ4v) is 2.50. The summed E-state index contributed by atoms with van der Waals surface area (Å²) in [4.78, 5) is 11.6. The Morgan fingerprint density at radius 2 is 1.89 bits per heavy atom. The molecule has 1 N–H and O–H groups in total. The number of aryl methyl sites for hydroxylation is 1. The van der Waals surface area contributed by atoms with Gasteiger partial charge in [0.05, 0.1) is 15.7 Å². The largest absolute Gasteiger partial charge is 0.353 e. The van der Waals surface area contributed by atoms with Gasteiger partial charge < -0.3 is 5.32 Å². The minimum absolute atomic E-state index is 0.0401. The van der Waals surface area contributed by atoms with Crippen LogP contribution in [0.25, 0.3) is 0 Å². The van der Waals surface area contributed by atoms with Gasteiger partial charge in [-0.05, 0) is 38.3 Å². The number of anilines is 1. The van der Waals surface area contributed by atoms with E-state index in [1.807, 2.05) is 25.1 Å². The number of allylic oxidation sites excluding steroid dienone is 3. The lowest BCUT2D eigenvalue weighted by Gasteiger charge is -2.18. The molecule has 2 nitrogen and oxygen atoms in total. The summed E-state index contributed by atoms with van der Waals surface area (Å²) in [6, 6.07) is 3.67. The van der Waals surface area contributed by atoms with Crippen molar-refractivity contribution in [1.82, 2.24) is 0 Å². The van der Waals surface area contributed by atoms with E-state index in [-0.39, 0.29) is 5.78 Å². The van der Waals surface area contributed by atoms with Crippen molar-refractivity contribution in [1.29, 1.82) is 0 Å². The predicted molar refractivity (Wildman–Crippen MR) is 80.9 cm³/mol. The highest BCUT2D eigenvalue weighted by atomic mass is 35.5. The molecule has 0 aromatic heterocycles. The molecule has 0 radical (unpaired) electrons. The van der Waals surface area contributed by atoms with Crippen molar-refractivity contribution < 1.29 is 4.79 Å². The van der Waals surface area contributed by atoms with E-state index in [0.29, 0.717) is 21.3 Å². The molecular weight excluding hydrogens is 281 g/mol. The molecule has 0 unspecified atom stereocenters. The van der Waals surface area contributed by atoms with Crippen LogP contribution in [0.5, 0.6) is 0 Å². The van der Waals surface area contributed by atoms with Gasteiger partial charge in [0.1, 0.15) is 0 Å². The lowest BCUT2D eigenvalue weighted by atomic mass is 10.00. The van der Waals surface area contributed by atoms with Gasteiger partial charge >= 0.3 is 0 Å². The molecule has 1 aliphatic carbocycles. The lowest BCUT2D eigenvalue weighted by Crippen LogP contribution is -2.12. The highest BCUT2D eigenvalue weighted by Crippen LogP contribution is 2.35. The summed E-state index contributed by atoms with van der Waals surface area (Å²) < 4.78 is 0. The molecule has 0 amide bonds. The molecule has 100 valence electrons. The monoisotopic (exact) mass is 295 g/mol. The first-order chi connectivity index (χ1) is 9.00. The lowest BCUT2D eigenvalue weighted by molar-refractivity contribution is -0.113. The van der Waals surface area contributed by atoms with Gasteiger partial charge in [-0.2, -0.15) is 0 Å². The van der Waals surface area contributed by atoms with Gasteiger partial charge in [0.15, 0.2) is 5.78 Å². The van der Waals surface area contributed by atoms with Crippen LogP contribution in [0.4, 0.5) is 5.69 Å². The SMILES string of the molecule is CC(=O)C1=CCCC=C1Nc1c(Cl)ccc(C)c1Cl. The van der Waals surface area contributed by atoms with E-state index in [2.05, 4.69) is 5.32 Å². The molecular formula is C15H15Cl2NO. The molecule has 2 rings (SSSR count). The highest BCUT2D eigenvalue weighted by Gasteiger charge is 2.16. The summed E-state index contributed by atoms with van der Waals surface area (Å²) in [7, 11) is 0. The molecule has 19 heavy (non-hydrogen) atoms. The predicted octanol–water partition coefficient (Wildman–Crippen LogP) is 4.91. The summed E-state index contributed by atoms with van der Waals surface area (Å²) in [5, 5.41) is 4.33. The average molecular weight is 296 g/mol. The van der Waals surface area contributed by atoms with Gasteiger partial charge in [0, 0.05) is 11.3 Å². The van der Waals surface area contributed by atoms with Gasteiger partial charge in [0.25, 0.3) is 0 Å². The number of benzene rings is 1. The molecule has 1 aromatic rings. The van der Waals surface area contributed by atoms with Gasteiger partial charge in [-0.15, -0.1) is 0 Å². The molecule has 0 aliphatic heterocycles. The van der Waals surface area contributed by atoms with Crippen LogP contribution in [0.1, 0.15) is 25.3 Å². The van der Waals surface area contributed by atoms with Gasteiger partial charge in [0.2, 0.25) is 0 Å². The van der Waals surface area contributed by atoms with Crippen LogP contribution >= 0.6 is 23.2 Å². The molecule has 0 saturated carbocycles. The zero-order chi connectivity index (χ0) is 14.0. The maximum Gasteiger partial charge on any atom is 0.161 e. The van der Waals surface area contributed by atoms with Crippen molar-refractivity contribution in [3.8, 4) is 0 Å². The molecule has 0 heterocycles. The van der Waals surface area contributed by atoms with Crippen molar-refractivity contribution >= 4 is 34.7 Å². The summed E-state index contributed by atoms with van der Waals surface area (Å²) >= 11 is 12.4. The minimum atomic E-state index is 0.0401. The quantitative estimate of drug-likeness (QED) is 0.859. The molecule has 0 fully saturated rings. The van der Waals surface area contributed by atoms with Gasteiger partial charge in [-0.1, -0.05) is 41.4 Å². The molecule has 0 saturated heterocycles. The molecule has 1 aromatic carbocycles. The fraction of sp³-hybridized carbons (Fsp3) is 0.267. The zero-order valence-corrected chi connectivity index (χ0v) is 12.4. The van der Waals surface area contributed by atoms with Crippen molar-refractivity contribution in [3.63, 3.8) is 0 Å². The van der Waals surface area contributed by atoms with E-state index < -0.39 is 0 Å². The summed E-state index contributed by atoms with van der Waals surface area (Å²) in [6.07, 6.45) is 5.74. The number of carbonyl (C=O) groups is 1. The second-order valence-electron chi connectivity index (χ2n) is 4.55. The van der Waals surface area contributed by atoms with Crippen molar-refractivity contribution in [2.45, 2.75) is 26.7 Å². The number of halogens is 2. The molecule has 0 bridgehead atoms. The Morgan fingerprint density at radius 3 is 2.58 bits per heavy atom. The third-order valence-corrected chi connectivity index (χ3v) is 3.88. The minimum Gasteiger partial charge on any atom is -0.353 e. The van der Waals surface area contributed by atoms with E-state index >= 15 is 0 Å². The number of ketones is 1. The first-order valence-corrected chi connectivity index (χ1v) is 6.89. The van der Waals surface area contributed by atoms with Crippen molar-refractivity contribution in [2.75, 3.05) is 5.32 Å². The number of rotatable bonds is 3. The van der Waals surface area contributed by atoms with Crippen LogP contribution in [0.3, 0.4) is 0 Å². The Balaban J connectivity index is 2.36. The van der Waals surface area contributed by atoms with E-state index in [9.17, 15) is 4.79 Å². The molecule has 4 heteroatoms. The van der Waals surface area contributed by atoms with E-state index in [0.717, 1.165) is 24.1 Å². The average Bonchev–Trinajstić information content (AvgIpc) is 2.39. The number of hydrogen-bond donors (Lipinski definition) is 1. The van der Waals surface area contributed by atoms with Crippen LogP contribution in [0.2, 0.25) is 10.0 Å². The van der Waals surface area contributed by atoms with Crippen LogP contribution in [0.15, 0.2) is 35.6 Å². The molecule has 0 atom stereocenters. The van der Waals surface area contributed by atoms with Gasteiger partial charge in [-0.3, -0.25) is 4.79 Å². The third kappa shape index (κ3) is 3.02. The Hall–Kier alpha value is -1.25. The van der Waals surface area contributed by atoms with Crippen molar-refractivity contribution in [3.05, 3.63) is 51.2 Å². The first-order valence-electron chi connectivity index (χ1n) is 6.14. The first kappa shape index (κ1) is 14.2. The normalized spacial score (nSPS) is 14.7. The Morgan fingerprint density at radius 1 is 1.21 bits per heavy atom. The maximum absolute atomic E-state index is 11.6. The van der Waals surface area contributed by atoms with E-state index in [1.54, 1.807) is 13.0 Å². The third-order valence-electron chi connectivity index (χ3n) is 3.08. The van der Waals surface area contributed by atoms with Gasteiger partial charge in [-0.25, -0.2) is 0 Å². The maximum atomic E-state index is 11.6. The Labute approximate surface area is 123 Å². The topological polar surface area (TPSA) is 29.1 Å². The molecule has 1 aliphatic rings. The van der Waals surface area contributed by atoms with E-state index in [1.165, 1.54) is 0 Å². The summed E-state index contributed by atoms with van der Waals surface area (Å²) in [5.41, 5.74) is 3.08. The second kappa shape index (κ2) is 5.81. The van der Waals surface area contributed by atoms with Crippen LogP contribution in [0, 0.1) is 6.92 Å².